The van der Waals surface area contributed by atoms with E-state index in [1.807, 2.05) is 11.0 Å². The zero-order valence-corrected chi connectivity index (χ0v) is 16.5. The molecule has 0 bridgehead atoms. The van der Waals surface area contributed by atoms with Crippen LogP contribution in [0.3, 0.4) is 0 Å². The molecule has 156 valence electrons. The standard InChI is InChI=1S/C21H27N3O5/c1-15(25)23-16-6-8-18(9-7-16)29-14-17(26)13-24-10-2-5-20(24)21(27)22-12-19-4-3-11-28-19/h3-4,6-9,11,17,20,26H,2,5,10,12-14H2,1H3,(H,22,27)(H,23,25). The summed E-state index contributed by atoms with van der Waals surface area (Å²) in [4.78, 5) is 25.5. The summed E-state index contributed by atoms with van der Waals surface area (Å²) in [5.41, 5.74) is 0.686. The molecule has 1 aromatic carbocycles. The van der Waals surface area contributed by atoms with E-state index >= 15 is 0 Å². The lowest BCUT2D eigenvalue weighted by atomic mass is 10.2. The summed E-state index contributed by atoms with van der Waals surface area (Å²) in [7, 11) is 0. The second-order valence-electron chi connectivity index (χ2n) is 7.12. The number of β-amino-alcohol motifs (C(OH)–C–C–N with tert-alkyl or cyclic N) is 1. The Balaban J connectivity index is 1.43. The quantitative estimate of drug-likeness (QED) is 0.592. The molecule has 0 radical (unpaired) electrons. The van der Waals surface area contributed by atoms with Gasteiger partial charge in [0.15, 0.2) is 0 Å². The second kappa shape index (κ2) is 10.1. The minimum atomic E-state index is -0.719. The van der Waals surface area contributed by atoms with Crippen molar-refractivity contribution < 1.29 is 23.8 Å². The Morgan fingerprint density at radius 1 is 1.31 bits per heavy atom. The van der Waals surface area contributed by atoms with Crippen LogP contribution in [0.25, 0.3) is 0 Å². The van der Waals surface area contributed by atoms with Gasteiger partial charge in [0.25, 0.3) is 0 Å². The Hall–Kier alpha value is -2.84. The molecule has 2 amide bonds. The van der Waals surface area contributed by atoms with E-state index in [0.717, 1.165) is 19.4 Å². The van der Waals surface area contributed by atoms with Crippen LogP contribution in [0.5, 0.6) is 5.75 Å². The van der Waals surface area contributed by atoms with Gasteiger partial charge in [-0.15, -0.1) is 0 Å². The summed E-state index contributed by atoms with van der Waals surface area (Å²) >= 11 is 0. The molecular weight excluding hydrogens is 374 g/mol. The molecule has 2 heterocycles. The summed E-state index contributed by atoms with van der Waals surface area (Å²) in [6, 6.07) is 10.3. The van der Waals surface area contributed by atoms with Gasteiger partial charge in [-0.1, -0.05) is 0 Å². The summed E-state index contributed by atoms with van der Waals surface area (Å²) in [6.45, 7) is 3.06. The monoisotopic (exact) mass is 401 g/mol. The Bertz CT molecular complexity index is 791. The summed E-state index contributed by atoms with van der Waals surface area (Å²) < 4.78 is 10.9. The van der Waals surface area contributed by atoms with Crippen LogP contribution >= 0.6 is 0 Å². The van der Waals surface area contributed by atoms with Crippen LogP contribution in [0.15, 0.2) is 47.1 Å². The van der Waals surface area contributed by atoms with Gasteiger partial charge in [0, 0.05) is 19.2 Å². The number of nitrogens with one attached hydrogen (secondary N) is 2. The summed E-state index contributed by atoms with van der Waals surface area (Å²) in [5, 5.41) is 15.9. The zero-order chi connectivity index (χ0) is 20.6. The predicted molar refractivity (Wildman–Crippen MR) is 107 cm³/mol. The van der Waals surface area contributed by atoms with Crippen molar-refractivity contribution >= 4 is 17.5 Å². The molecule has 2 atom stereocenters. The first-order valence-electron chi connectivity index (χ1n) is 9.74. The van der Waals surface area contributed by atoms with Crippen LogP contribution in [0.4, 0.5) is 5.69 Å². The lowest BCUT2D eigenvalue weighted by Gasteiger charge is -2.26. The first-order chi connectivity index (χ1) is 14.0. The highest BCUT2D eigenvalue weighted by molar-refractivity contribution is 5.88. The molecule has 0 aliphatic carbocycles. The number of ether oxygens (including phenoxy) is 1. The van der Waals surface area contributed by atoms with Crippen molar-refractivity contribution in [2.75, 3.05) is 25.0 Å². The topological polar surface area (TPSA) is 104 Å². The third-order valence-corrected chi connectivity index (χ3v) is 4.75. The number of hydrogen-bond acceptors (Lipinski definition) is 6. The fourth-order valence-corrected chi connectivity index (χ4v) is 3.40. The van der Waals surface area contributed by atoms with Crippen LogP contribution in [-0.4, -0.2) is 53.7 Å². The molecule has 8 heteroatoms. The average molecular weight is 401 g/mol. The molecule has 2 unspecified atom stereocenters. The van der Waals surface area contributed by atoms with Gasteiger partial charge in [-0.3, -0.25) is 14.5 Å². The predicted octanol–water partition coefficient (Wildman–Crippen LogP) is 1.76. The van der Waals surface area contributed by atoms with Crippen molar-refractivity contribution in [2.24, 2.45) is 0 Å². The van der Waals surface area contributed by atoms with E-state index in [1.165, 1.54) is 6.92 Å². The van der Waals surface area contributed by atoms with E-state index in [4.69, 9.17) is 9.15 Å². The average Bonchev–Trinajstić information content (AvgIpc) is 3.37. The van der Waals surface area contributed by atoms with Crippen molar-refractivity contribution in [3.63, 3.8) is 0 Å². The number of hydrogen-bond donors (Lipinski definition) is 3. The smallest absolute Gasteiger partial charge is 0.237 e. The fourth-order valence-electron chi connectivity index (χ4n) is 3.40. The number of anilines is 1. The van der Waals surface area contributed by atoms with Crippen LogP contribution in [-0.2, 0) is 16.1 Å². The summed E-state index contributed by atoms with van der Waals surface area (Å²) in [6.07, 6.45) is 2.54. The fraction of sp³-hybridized carbons (Fsp3) is 0.429. The lowest BCUT2D eigenvalue weighted by Crippen LogP contribution is -2.46. The first kappa shape index (κ1) is 20.9. The van der Waals surface area contributed by atoms with Gasteiger partial charge in [0.05, 0.1) is 18.8 Å². The first-order valence-corrected chi connectivity index (χ1v) is 9.74. The van der Waals surface area contributed by atoms with Gasteiger partial charge >= 0.3 is 0 Å². The van der Waals surface area contributed by atoms with Gasteiger partial charge in [-0.2, -0.15) is 0 Å². The van der Waals surface area contributed by atoms with Crippen molar-refractivity contribution in [3.8, 4) is 5.75 Å². The normalized spacial score (nSPS) is 17.7. The third-order valence-electron chi connectivity index (χ3n) is 4.75. The highest BCUT2D eigenvalue weighted by Crippen LogP contribution is 2.19. The SMILES string of the molecule is CC(=O)Nc1ccc(OCC(O)CN2CCCC2C(=O)NCc2ccco2)cc1. The number of furan rings is 1. The van der Waals surface area contributed by atoms with Crippen LogP contribution in [0.2, 0.25) is 0 Å². The van der Waals surface area contributed by atoms with Crippen LogP contribution in [0, 0.1) is 0 Å². The van der Waals surface area contributed by atoms with Crippen LogP contribution < -0.4 is 15.4 Å². The van der Waals surface area contributed by atoms with E-state index in [9.17, 15) is 14.7 Å². The number of carbonyl (C=O) groups is 2. The van der Waals surface area contributed by atoms with Crippen molar-refractivity contribution in [3.05, 3.63) is 48.4 Å². The molecule has 1 aliphatic rings. The maximum absolute atomic E-state index is 12.5. The lowest BCUT2D eigenvalue weighted by molar-refractivity contribution is -0.126. The molecular formula is C21H27N3O5. The number of likely N-dealkylation sites (tertiary alicyclic amines) is 1. The molecule has 29 heavy (non-hydrogen) atoms. The number of benzene rings is 1. The number of aliphatic hydroxyl groups is 1. The van der Waals surface area contributed by atoms with Crippen LogP contribution in [0.1, 0.15) is 25.5 Å². The van der Waals surface area contributed by atoms with Gasteiger partial charge in [-0.05, 0) is 55.8 Å². The Kier molecular flexibility index (Phi) is 7.26. The largest absolute Gasteiger partial charge is 0.491 e. The Morgan fingerprint density at radius 2 is 2.10 bits per heavy atom. The maximum atomic E-state index is 12.5. The summed E-state index contributed by atoms with van der Waals surface area (Å²) in [5.74, 6) is 1.12. The zero-order valence-electron chi connectivity index (χ0n) is 16.5. The number of aliphatic hydroxyl groups excluding tert-OH is 1. The van der Waals surface area contributed by atoms with Crippen molar-refractivity contribution in [2.45, 2.75) is 38.5 Å². The molecule has 8 nitrogen and oxygen atoms in total. The van der Waals surface area contributed by atoms with E-state index < -0.39 is 6.10 Å². The molecule has 2 aromatic rings. The van der Waals surface area contributed by atoms with Gasteiger partial charge in [-0.25, -0.2) is 0 Å². The number of nitrogens with zero attached hydrogens (tertiary/aromatic N) is 1. The van der Waals surface area contributed by atoms with E-state index in [1.54, 1.807) is 36.6 Å². The second-order valence-corrected chi connectivity index (χ2v) is 7.12. The Morgan fingerprint density at radius 3 is 2.79 bits per heavy atom. The van der Waals surface area contributed by atoms with Gasteiger partial charge < -0.3 is 24.9 Å². The van der Waals surface area contributed by atoms with Gasteiger partial charge in [0.1, 0.15) is 24.2 Å². The van der Waals surface area contributed by atoms with E-state index in [0.29, 0.717) is 30.3 Å². The minimum Gasteiger partial charge on any atom is -0.491 e. The highest BCUT2D eigenvalue weighted by Gasteiger charge is 2.31. The van der Waals surface area contributed by atoms with E-state index in [2.05, 4.69) is 10.6 Å². The molecule has 3 N–H and O–H groups in total. The number of carbonyl (C=O) groups excluding carboxylic acids is 2. The minimum absolute atomic E-state index is 0.0550. The molecule has 3 rings (SSSR count). The molecule has 1 aliphatic heterocycles. The maximum Gasteiger partial charge on any atom is 0.237 e. The number of amides is 2. The van der Waals surface area contributed by atoms with E-state index in [-0.39, 0.29) is 24.5 Å². The van der Waals surface area contributed by atoms with Crippen molar-refractivity contribution in [1.29, 1.82) is 0 Å². The molecule has 1 saturated heterocycles. The molecule has 1 aromatic heterocycles. The highest BCUT2D eigenvalue weighted by atomic mass is 16.5. The third kappa shape index (κ3) is 6.33. The molecule has 0 saturated carbocycles. The van der Waals surface area contributed by atoms with Gasteiger partial charge in [0.2, 0.25) is 11.8 Å². The van der Waals surface area contributed by atoms with Crippen molar-refractivity contribution in [1.82, 2.24) is 10.2 Å². The Labute approximate surface area is 169 Å². The number of rotatable bonds is 9. The molecule has 1 fully saturated rings. The molecule has 0 spiro atoms.